The number of nitrogens with two attached hydrogens (primary N) is 1. The van der Waals surface area contributed by atoms with Gasteiger partial charge < -0.3 is 20.7 Å². The summed E-state index contributed by atoms with van der Waals surface area (Å²) in [5, 5.41) is 11.7. The van der Waals surface area contributed by atoms with Crippen LogP contribution in [0.3, 0.4) is 0 Å². The summed E-state index contributed by atoms with van der Waals surface area (Å²) >= 11 is 0. The summed E-state index contributed by atoms with van der Waals surface area (Å²) in [6.45, 7) is 3.31. The highest BCUT2D eigenvalue weighted by Gasteiger charge is 2.18. The highest BCUT2D eigenvalue weighted by molar-refractivity contribution is 5.95. The van der Waals surface area contributed by atoms with Crippen molar-refractivity contribution in [3.05, 3.63) is 23.9 Å². The van der Waals surface area contributed by atoms with Gasteiger partial charge in [-0.15, -0.1) is 0 Å². The van der Waals surface area contributed by atoms with Gasteiger partial charge in [-0.1, -0.05) is 11.2 Å². The van der Waals surface area contributed by atoms with E-state index in [1.807, 2.05) is 19.2 Å². The average molecular weight is 277 g/mol. The Balaban J connectivity index is 2.00. The summed E-state index contributed by atoms with van der Waals surface area (Å²) in [4.78, 5) is 8.94. The third kappa shape index (κ3) is 3.60. The number of anilines is 1. The van der Waals surface area contributed by atoms with Gasteiger partial charge in [0, 0.05) is 13.6 Å². The molecule has 1 saturated heterocycles. The van der Waals surface area contributed by atoms with E-state index in [0.29, 0.717) is 11.6 Å². The molecule has 1 aromatic rings. The lowest BCUT2D eigenvalue weighted by molar-refractivity contribution is 0.222. The van der Waals surface area contributed by atoms with Crippen LogP contribution in [0.2, 0.25) is 0 Å². The maximum absolute atomic E-state index is 8.71. The van der Waals surface area contributed by atoms with E-state index in [-0.39, 0.29) is 5.84 Å². The molecule has 0 aromatic carbocycles. The monoisotopic (exact) mass is 277 g/mol. The zero-order valence-electron chi connectivity index (χ0n) is 12.2. The van der Waals surface area contributed by atoms with Gasteiger partial charge in [-0.3, -0.25) is 0 Å². The Morgan fingerprint density at radius 1 is 1.50 bits per heavy atom. The number of aromatic nitrogens is 1. The number of rotatable bonds is 4. The average Bonchev–Trinajstić information content (AvgIpc) is 2.49. The Morgan fingerprint density at radius 3 is 2.85 bits per heavy atom. The van der Waals surface area contributed by atoms with Gasteiger partial charge >= 0.3 is 0 Å². The van der Waals surface area contributed by atoms with Crippen molar-refractivity contribution >= 4 is 11.7 Å². The molecule has 0 unspecified atom stereocenters. The van der Waals surface area contributed by atoms with E-state index < -0.39 is 0 Å². The predicted molar refractivity (Wildman–Crippen MR) is 80.2 cm³/mol. The van der Waals surface area contributed by atoms with Crippen molar-refractivity contribution in [3.8, 4) is 0 Å². The minimum Gasteiger partial charge on any atom is -0.409 e. The van der Waals surface area contributed by atoms with Crippen molar-refractivity contribution in [3.63, 3.8) is 0 Å². The second kappa shape index (κ2) is 6.56. The quantitative estimate of drug-likeness (QED) is 0.371. The molecule has 0 aliphatic carbocycles. The third-order valence-corrected chi connectivity index (χ3v) is 3.87. The Kier molecular flexibility index (Phi) is 4.79. The molecule has 6 heteroatoms. The molecule has 1 fully saturated rings. The molecule has 0 bridgehead atoms. The molecule has 2 heterocycles. The zero-order chi connectivity index (χ0) is 14.5. The van der Waals surface area contributed by atoms with Crippen LogP contribution in [0, 0.1) is 5.92 Å². The highest BCUT2D eigenvalue weighted by Crippen LogP contribution is 2.19. The van der Waals surface area contributed by atoms with E-state index >= 15 is 0 Å². The minimum absolute atomic E-state index is 0.0412. The number of likely N-dealkylation sites (tertiary alicyclic amines) is 1. The Morgan fingerprint density at radius 2 is 2.20 bits per heavy atom. The van der Waals surface area contributed by atoms with Crippen LogP contribution >= 0.6 is 0 Å². The van der Waals surface area contributed by atoms with E-state index in [0.717, 1.165) is 25.5 Å². The van der Waals surface area contributed by atoms with Crippen LogP contribution < -0.4 is 10.6 Å². The van der Waals surface area contributed by atoms with Gasteiger partial charge in [-0.05, 0) is 51.0 Å². The topological polar surface area (TPSA) is 78.0 Å². The van der Waals surface area contributed by atoms with Crippen LogP contribution in [0.25, 0.3) is 0 Å². The normalized spacial score (nSPS) is 18.2. The molecule has 0 spiro atoms. The highest BCUT2D eigenvalue weighted by atomic mass is 16.4. The lowest BCUT2D eigenvalue weighted by Gasteiger charge is -2.32. The fourth-order valence-corrected chi connectivity index (χ4v) is 2.56. The molecule has 0 amide bonds. The van der Waals surface area contributed by atoms with Crippen molar-refractivity contribution in [2.24, 2.45) is 16.8 Å². The maximum atomic E-state index is 8.71. The summed E-state index contributed by atoms with van der Waals surface area (Å²) in [6.07, 6.45) is 2.45. The summed E-state index contributed by atoms with van der Waals surface area (Å²) in [5.41, 5.74) is 6.08. The van der Waals surface area contributed by atoms with Crippen LogP contribution in [-0.2, 0) is 0 Å². The van der Waals surface area contributed by atoms with Crippen molar-refractivity contribution in [2.75, 3.05) is 38.6 Å². The van der Waals surface area contributed by atoms with Crippen LogP contribution in [0.5, 0.6) is 0 Å². The number of hydrogen-bond acceptors (Lipinski definition) is 5. The number of piperidine rings is 1. The zero-order valence-corrected chi connectivity index (χ0v) is 12.2. The fourth-order valence-electron chi connectivity index (χ4n) is 2.56. The van der Waals surface area contributed by atoms with Crippen molar-refractivity contribution in [1.82, 2.24) is 9.88 Å². The molecular formula is C14H23N5O. The molecule has 0 atom stereocenters. The first-order valence-electron chi connectivity index (χ1n) is 6.94. The van der Waals surface area contributed by atoms with Gasteiger partial charge in [0.15, 0.2) is 5.84 Å². The van der Waals surface area contributed by atoms with E-state index in [4.69, 9.17) is 10.9 Å². The summed E-state index contributed by atoms with van der Waals surface area (Å²) in [7, 11) is 4.21. The Labute approximate surface area is 119 Å². The molecule has 6 nitrogen and oxygen atoms in total. The number of amidine groups is 1. The molecule has 3 N–H and O–H groups in total. The molecule has 1 aromatic heterocycles. The molecular weight excluding hydrogens is 254 g/mol. The molecule has 0 radical (unpaired) electrons. The van der Waals surface area contributed by atoms with Gasteiger partial charge in [0.05, 0.1) is 0 Å². The Bertz CT molecular complexity index is 468. The van der Waals surface area contributed by atoms with Gasteiger partial charge in [0.2, 0.25) is 0 Å². The second-order valence-electron chi connectivity index (χ2n) is 5.49. The van der Waals surface area contributed by atoms with Gasteiger partial charge in [-0.25, -0.2) is 4.98 Å². The number of hydrogen-bond donors (Lipinski definition) is 2. The van der Waals surface area contributed by atoms with Crippen LogP contribution in [-0.4, -0.2) is 54.7 Å². The first-order chi connectivity index (χ1) is 9.60. The molecule has 110 valence electrons. The summed E-state index contributed by atoms with van der Waals surface area (Å²) < 4.78 is 0. The molecule has 0 saturated carbocycles. The lowest BCUT2D eigenvalue weighted by atomic mass is 9.97. The molecule has 1 aliphatic heterocycles. The summed E-state index contributed by atoms with van der Waals surface area (Å²) in [6, 6.07) is 5.56. The second-order valence-corrected chi connectivity index (χ2v) is 5.49. The largest absolute Gasteiger partial charge is 0.409 e. The van der Waals surface area contributed by atoms with Crippen LogP contribution in [0.4, 0.5) is 5.82 Å². The van der Waals surface area contributed by atoms with Gasteiger partial charge in [0.25, 0.3) is 0 Å². The number of pyridine rings is 1. The van der Waals surface area contributed by atoms with E-state index in [9.17, 15) is 0 Å². The molecule has 20 heavy (non-hydrogen) atoms. The van der Waals surface area contributed by atoms with Crippen molar-refractivity contribution < 1.29 is 5.21 Å². The lowest BCUT2D eigenvalue weighted by Crippen LogP contribution is -2.36. The smallest absolute Gasteiger partial charge is 0.188 e. The minimum atomic E-state index is 0.0412. The number of oxime groups is 1. The number of nitrogens with zero attached hydrogens (tertiary/aromatic N) is 4. The predicted octanol–water partition coefficient (Wildman–Crippen LogP) is 0.954. The van der Waals surface area contributed by atoms with Gasteiger partial charge in [0.1, 0.15) is 11.5 Å². The van der Waals surface area contributed by atoms with Crippen molar-refractivity contribution in [2.45, 2.75) is 12.8 Å². The van der Waals surface area contributed by atoms with E-state index in [1.165, 1.54) is 12.8 Å². The first-order valence-corrected chi connectivity index (χ1v) is 6.94. The summed E-state index contributed by atoms with van der Waals surface area (Å²) in [5.74, 6) is 1.60. The SMILES string of the molecule is CN1CCC(CN(C)c2cccc(C(N)=NO)n2)CC1. The van der Waals surface area contributed by atoms with Gasteiger partial charge in [-0.2, -0.15) is 0 Å². The maximum Gasteiger partial charge on any atom is 0.188 e. The molecule has 1 aliphatic rings. The van der Waals surface area contributed by atoms with E-state index in [1.54, 1.807) is 6.07 Å². The third-order valence-electron chi connectivity index (χ3n) is 3.87. The van der Waals surface area contributed by atoms with E-state index in [2.05, 4.69) is 27.0 Å². The first kappa shape index (κ1) is 14.6. The van der Waals surface area contributed by atoms with Crippen LogP contribution in [0.15, 0.2) is 23.4 Å². The molecule has 2 rings (SSSR count). The van der Waals surface area contributed by atoms with Crippen LogP contribution in [0.1, 0.15) is 18.5 Å². The van der Waals surface area contributed by atoms with Crippen molar-refractivity contribution in [1.29, 1.82) is 0 Å². The Hall–Kier alpha value is -1.82. The standard InChI is InChI=1S/C14H23N5O/c1-18-8-6-11(7-9-18)10-19(2)13-5-3-4-12(16-13)14(15)17-20/h3-5,11,20H,6-10H2,1-2H3,(H2,15,17). The fraction of sp³-hybridized carbons (Fsp3) is 0.571.